The molecule has 120 valence electrons. The molecule has 1 atom stereocenters. The van der Waals surface area contributed by atoms with Crippen molar-refractivity contribution in [2.24, 2.45) is 5.73 Å². The summed E-state index contributed by atoms with van der Waals surface area (Å²) in [6.07, 6.45) is 1.26. The number of carbonyl (C=O) groups is 2. The van der Waals surface area contributed by atoms with E-state index < -0.39 is 11.9 Å². The molecule has 23 heavy (non-hydrogen) atoms. The third kappa shape index (κ3) is 5.75. The third-order valence-electron chi connectivity index (χ3n) is 3.49. The van der Waals surface area contributed by atoms with Crippen molar-refractivity contribution in [3.05, 3.63) is 70.7 Å². The largest absolute Gasteiger partial charge is 0.368 e. The maximum Gasteiger partial charge on any atom is 0.240 e. The van der Waals surface area contributed by atoms with Gasteiger partial charge in [0.25, 0.3) is 0 Å². The molecule has 4 nitrogen and oxygen atoms in total. The first kappa shape index (κ1) is 17.0. The second-order valence-electron chi connectivity index (χ2n) is 5.34. The van der Waals surface area contributed by atoms with Gasteiger partial charge in [0.05, 0.1) is 0 Å². The molecule has 0 saturated carbocycles. The SMILES string of the molecule is NC(=O)[C@@H](Cc1cccc(Cl)c1)NC(=O)CCc1ccccc1. The molecule has 0 fully saturated rings. The lowest BCUT2D eigenvalue weighted by Crippen LogP contribution is -2.45. The molecule has 0 aliphatic heterocycles. The Morgan fingerprint density at radius 2 is 1.74 bits per heavy atom. The first-order chi connectivity index (χ1) is 11.0. The van der Waals surface area contributed by atoms with Crippen LogP contribution in [-0.2, 0) is 22.4 Å². The molecule has 2 amide bonds. The molecular formula is C18H19ClN2O2. The predicted octanol–water partition coefficient (Wildman–Crippen LogP) is 2.49. The highest BCUT2D eigenvalue weighted by molar-refractivity contribution is 6.30. The summed E-state index contributed by atoms with van der Waals surface area (Å²) < 4.78 is 0. The Bertz CT molecular complexity index is 674. The van der Waals surface area contributed by atoms with E-state index in [9.17, 15) is 9.59 Å². The summed E-state index contributed by atoms with van der Waals surface area (Å²) in [5.41, 5.74) is 7.32. The van der Waals surface area contributed by atoms with E-state index in [0.29, 0.717) is 24.3 Å². The van der Waals surface area contributed by atoms with Crippen molar-refractivity contribution in [2.45, 2.75) is 25.3 Å². The number of rotatable bonds is 7. The fraction of sp³-hybridized carbons (Fsp3) is 0.222. The summed E-state index contributed by atoms with van der Waals surface area (Å²) in [6.45, 7) is 0. The zero-order valence-corrected chi connectivity index (χ0v) is 13.4. The van der Waals surface area contributed by atoms with Gasteiger partial charge in [-0.15, -0.1) is 0 Å². The number of amides is 2. The average Bonchev–Trinajstić information content (AvgIpc) is 2.53. The maximum atomic E-state index is 12.0. The van der Waals surface area contributed by atoms with Crippen LogP contribution < -0.4 is 11.1 Å². The number of primary amides is 1. The number of hydrogen-bond donors (Lipinski definition) is 2. The molecule has 0 aromatic heterocycles. The Hall–Kier alpha value is -2.33. The van der Waals surface area contributed by atoms with Crippen LogP contribution in [0.4, 0.5) is 0 Å². The normalized spacial score (nSPS) is 11.7. The maximum absolute atomic E-state index is 12.0. The van der Waals surface area contributed by atoms with Crippen LogP contribution in [0.1, 0.15) is 17.5 Å². The molecule has 2 aromatic rings. The van der Waals surface area contributed by atoms with E-state index in [0.717, 1.165) is 11.1 Å². The van der Waals surface area contributed by atoms with Crippen molar-refractivity contribution >= 4 is 23.4 Å². The zero-order chi connectivity index (χ0) is 16.7. The summed E-state index contributed by atoms with van der Waals surface area (Å²) in [7, 11) is 0. The molecule has 3 N–H and O–H groups in total. The van der Waals surface area contributed by atoms with Gasteiger partial charge < -0.3 is 11.1 Å². The fourth-order valence-corrected chi connectivity index (χ4v) is 2.50. The van der Waals surface area contributed by atoms with Gasteiger partial charge in [0.2, 0.25) is 11.8 Å². The predicted molar refractivity (Wildman–Crippen MR) is 91.0 cm³/mol. The van der Waals surface area contributed by atoms with Crippen molar-refractivity contribution in [1.29, 1.82) is 0 Å². The van der Waals surface area contributed by atoms with Crippen LogP contribution in [0.2, 0.25) is 5.02 Å². The van der Waals surface area contributed by atoms with Crippen LogP contribution in [0.15, 0.2) is 54.6 Å². The summed E-state index contributed by atoms with van der Waals surface area (Å²) in [5, 5.41) is 3.28. The molecule has 0 heterocycles. The minimum absolute atomic E-state index is 0.195. The number of nitrogens with two attached hydrogens (primary N) is 1. The first-order valence-corrected chi connectivity index (χ1v) is 7.79. The van der Waals surface area contributed by atoms with Crippen LogP contribution in [0.25, 0.3) is 0 Å². The second kappa shape index (κ2) is 8.34. The van der Waals surface area contributed by atoms with Crippen LogP contribution in [0.5, 0.6) is 0 Å². The van der Waals surface area contributed by atoms with Crippen molar-refractivity contribution < 1.29 is 9.59 Å². The summed E-state index contributed by atoms with van der Waals surface area (Å²) in [6, 6.07) is 16.1. The standard InChI is InChI=1S/C18H19ClN2O2/c19-15-8-4-7-14(11-15)12-16(18(20)23)21-17(22)10-9-13-5-2-1-3-6-13/h1-8,11,16H,9-10,12H2,(H2,20,23)(H,21,22)/t16-/m1/s1. The Morgan fingerprint density at radius 3 is 2.39 bits per heavy atom. The molecule has 0 aliphatic rings. The average molecular weight is 331 g/mol. The summed E-state index contributed by atoms with van der Waals surface area (Å²) >= 11 is 5.93. The molecule has 5 heteroatoms. The number of carbonyl (C=O) groups excluding carboxylic acids is 2. The van der Waals surface area contributed by atoms with Crippen molar-refractivity contribution in [3.63, 3.8) is 0 Å². The van der Waals surface area contributed by atoms with Crippen LogP contribution >= 0.6 is 11.6 Å². The highest BCUT2D eigenvalue weighted by atomic mass is 35.5. The van der Waals surface area contributed by atoms with Crippen molar-refractivity contribution in [1.82, 2.24) is 5.32 Å². The quantitative estimate of drug-likeness (QED) is 0.818. The second-order valence-corrected chi connectivity index (χ2v) is 5.78. The van der Waals surface area contributed by atoms with Gasteiger partial charge >= 0.3 is 0 Å². The van der Waals surface area contributed by atoms with Crippen molar-refractivity contribution in [3.8, 4) is 0 Å². The van der Waals surface area contributed by atoms with E-state index in [-0.39, 0.29) is 5.91 Å². The van der Waals surface area contributed by atoms with Crippen LogP contribution in [0.3, 0.4) is 0 Å². The lowest BCUT2D eigenvalue weighted by atomic mass is 10.0. The Labute approximate surface area is 140 Å². The van der Waals surface area contributed by atoms with E-state index in [4.69, 9.17) is 17.3 Å². The molecule has 2 rings (SSSR count). The van der Waals surface area contributed by atoms with E-state index >= 15 is 0 Å². The molecule has 0 bridgehead atoms. The van der Waals surface area contributed by atoms with Gasteiger partial charge in [0.1, 0.15) is 6.04 Å². The smallest absolute Gasteiger partial charge is 0.240 e. The number of halogens is 1. The molecule has 0 unspecified atom stereocenters. The summed E-state index contributed by atoms with van der Waals surface area (Å²) in [4.78, 5) is 23.6. The molecule has 2 aromatic carbocycles. The minimum Gasteiger partial charge on any atom is -0.368 e. The fourth-order valence-electron chi connectivity index (χ4n) is 2.29. The topological polar surface area (TPSA) is 72.2 Å². The highest BCUT2D eigenvalue weighted by Gasteiger charge is 2.18. The number of aryl methyl sites for hydroxylation is 1. The Balaban J connectivity index is 1.91. The zero-order valence-electron chi connectivity index (χ0n) is 12.7. The molecular weight excluding hydrogens is 312 g/mol. The van der Waals surface area contributed by atoms with Gasteiger partial charge in [-0.25, -0.2) is 0 Å². The Kier molecular flexibility index (Phi) is 6.18. The van der Waals surface area contributed by atoms with Crippen molar-refractivity contribution in [2.75, 3.05) is 0 Å². The van der Waals surface area contributed by atoms with Gasteiger partial charge in [0.15, 0.2) is 0 Å². The van der Waals surface area contributed by atoms with E-state index in [1.165, 1.54) is 0 Å². The summed E-state index contributed by atoms with van der Waals surface area (Å²) in [5.74, 6) is -0.752. The van der Waals surface area contributed by atoms with Gasteiger partial charge in [-0.05, 0) is 29.7 Å². The monoisotopic (exact) mass is 330 g/mol. The van der Waals surface area contributed by atoms with Crippen LogP contribution in [-0.4, -0.2) is 17.9 Å². The Morgan fingerprint density at radius 1 is 1.04 bits per heavy atom. The van der Waals surface area contributed by atoms with Gasteiger partial charge in [0, 0.05) is 17.9 Å². The van der Waals surface area contributed by atoms with E-state index in [1.807, 2.05) is 36.4 Å². The molecule has 0 radical (unpaired) electrons. The van der Waals surface area contributed by atoms with Gasteiger partial charge in [-0.2, -0.15) is 0 Å². The molecule has 0 spiro atoms. The van der Waals surface area contributed by atoms with Crippen LogP contribution in [0, 0.1) is 0 Å². The highest BCUT2D eigenvalue weighted by Crippen LogP contribution is 2.12. The van der Waals surface area contributed by atoms with E-state index in [2.05, 4.69) is 5.32 Å². The van der Waals surface area contributed by atoms with E-state index in [1.54, 1.807) is 18.2 Å². The minimum atomic E-state index is -0.739. The first-order valence-electron chi connectivity index (χ1n) is 7.41. The lowest BCUT2D eigenvalue weighted by molar-refractivity contribution is -0.127. The third-order valence-corrected chi connectivity index (χ3v) is 3.73. The molecule has 0 aliphatic carbocycles. The van der Waals surface area contributed by atoms with Gasteiger partial charge in [-0.1, -0.05) is 54.1 Å². The molecule has 0 saturated heterocycles. The number of hydrogen-bond acceptors (Lipinski definition) is 2. The number of benzene rings is 2. The lowest BCUT2D eigenvalue weighted by Gasteiger charge is -2.16. The number of nitrogens with one attached hydrogen (secondary N) is 1. The van der Waals surface area contributed by atoms with Gasteiger partial charge in [-0.3, -0.25) is 9.59 Å².